The molecule has 1 amide bonds. The molecule has 0 radical (unpaired) electrons. The van der Waals surface area contributed by atoms with Gasteiger partial charge in [-0.1, -0.05) is 6.07 Å². The van der Waals surface area contributed by atoms with Gasteiger partial charge < -0.3 is 10.6 Å². The molecule has 18 heavy (non-hydrogen) atoms. The fourth-order valence-electron chi connectivity index (χ4n) is 1.73. The summed E-state index contributed by atoms with van der Waals surface area (Å²) in [6.45, 7) is 2.51. The fourth-order valence-corrected chi connectivity index (χ4v) is 1.73. The predicted octanol–water partition coefficient (Wildman–Crippen LogP) is 2.33. The quantitative estimate of drug-likeness (QED) is 0.839. The third-order valence-electron chi connectivity index (χ3n) is 2.65. The number of nitrogens with zero attached hydrogens (tertiary/aromatic N) is 2. The molecule has 0 atom stereocenters. The molecule has 0 spiro atoms. The lowest BCUT2D eigenvalue weighted by Crippen LogP contribution is -2.31. The Balaban J connectivity index is 2.29. The molecule has 2 aromatic rings. The van der Waals surface area contributed by atoms with Crippen LogP contribution in [0, 0.1) is 0 Å². The minimum absolute atomic E-state index is 0.108. The van der Waals surface area contributed by atoms with Gasteiger partial charge in [0, 0.05) is 24.1 Å². The first-order chi connectivity index (χ1) is 8.72. The van der Waals surface area contributed by atoms with Gasteiger partial charge in [0.1, 0.15) is 5.69 Å². The van der Waals surface area contributed by atoms with Crippen molar-refractivity contribution in [2.24, 2.45) is 0 Å². The van der Waals surface area contributed by atoms with Crippen LogP contribution in [0.1, 0.15) is 17.4 Å². The number of carbonyl (C=O) groups is 1. The van der Waals surface area contributed by atoms with Gasteiger partial charge in [-0.25, -0.2) is 0 Å². The number of hydrogen-bond donors (Lipinski definition) is 1. The fraction of sp³-hybridized carbons (Fsp3) is 0.143. The third-order valence-corrected chi connectivity index (χ3v) is 2.65. The second kappa shape index (κ2) is 5.31. The molecular weight excluding hydrogens is 226 g/mol. The van der Waals surface area contributed by atoms with E-state index in [0.29, 0.717) is 17.9 Å². The number of amides is 1. The molecule has 0 unspecified atom stereocenters. The predicted molar refractivity (Wildman–Crippen MR) is 72.4 cm³/mol. The van der Waals surface area contributed by atoms with E-state index in [1.807, 2.05) is 19.1 Å². The van der Waals surface area contributed by atoms with Crippen molar-refractivity contribution in [1.82, 2.24) is 4.98 Å². The van der Waals surface area contributed by atoms with Gasteiger partial charge in [0.05, 0.1) is 0 Å². The van der Waals surface area contributed by atoms with Crippen LogP contribution in [0.15, 0.2) is 48.7 Å². The standard InChI is InChI=1S/C14H15N3O/c1-2-17(12-8-6-11(15)7-9-12)14(18)13-5-3-4-10-16-13/h3-10H,2,15H2,1H3. The smallest absolute Gasteiger partial charge is 0.276 e. The molecule has 4 heteroatoms. The molecule has 2 N–H and O–H groups in total. The molecule has 0 saturated carbocycles. The molecule has 0 aliphatic heterocycles. The average molecular weight is 241 g/mol. The molecule has 0 saturated heterocycles. The Morgan fingerprint density at radius 3 is 2.50 bits per heavy atom. The summed E-state index contributed by atoms with van der Waals surface area (Å²) >= 11 is 0. The SMILES string of the molecule is CCN(C(=O)c1ccccn1)c1ccc(N)cc1. The maximum absolute atomic E-state index is 12.3. The number of aromatic nitrogens is 1. The summed E-state index contributed by atoms with van der Waals surface area (Å²) < 4.78 is 0. The minimum atomic E-state index is -0.108. The van der Waals surface area contributed by atoms with Crippen LogP contribution in [0.5, 0.6) is 0 Å². The zero-order valence-corrected chi connectivity index (χ0v) is 10.2. The van der Waals surface area contributed by atoms with E-state index in [-0.39, 0.29) is 5.91 Å². The van der Waals surface area contributed by atoms with Gasteiger partial charge >= 0.3 is 0 Å². The van der Waals surface area contributed by atoms with Crippen LogP contribution in [0.2, 0.25) is 0 Å². The van der Waals surface area contributed by atoms with E-state index in [9.17, 15) is 4.79 Å². The molecule has 4 nitrogen and oxygen atoms in total. The van der Waals surface area contributed by atoms with E-state index >= 15 is 0 Å². The van der Waals surface area contributed by atoms with Crippen molar-refractivity contribution < 1.29 is 4.79 Å². The summed E-state index contributed by atoms with van der Waals surface area (Å²) in [7, 11) is 0. The van der Waals surface area contributed by atoms with Crippen molar-refractivity contribution in [2.75, 3.05) is 17.2 Å². The highest BCUT2D eigenvalue weighted by atomic mass is 16.2. The first kappa shape index (κ1) is 12.1. The Hall–Kier alpha value is -2.36. The minimum Gasteiger partial charge on any atom is -0.399 e. The molecule has 0 aliphatic rings. The summed E-state index contributed by atoms with van der Waals surface area (Å²) in [5, 5.41) is 0. The number of benzene rings is 1. The number of carbonyl (C=O) groups excluding carboxylic acids is 1. The summed E-state index contributed by atoms with van der Waals surface area (Å²) in [6, 6.07) is 12.5. The van der Waals surface area contributed by atoms with Crippen molar-refractivity contribution in [3.63, 3.8) is 0 Å². The Bertz CT molecular complexity index is 522. The number of nitrogen functional groups attached to an aromatic ring is 1. The molecule has 1 aromatic heterocycles. The van der Waals surface area contributed by atoms with Gasteiger partial charge in [0.2, 0.25) is 0 Å². The number of rotatable bonds is 3. The summed E-state index contributed by atoms with van der Waals surface area (Å²) in [6.07, 6.45) is 1.62. The second-order valence-corrected chi connectivity index (χ2v) is 3.86. The maximum Gasteiger partial charge on any atom is 0.276 e. The summed E-state index contributed by atoms with van der Waals surface area (Å²) in [5.74, 6) is -0.108. The first-order valence-electron chi connectivity index (χ1n) is 5.81. The van der Waals surface area contributed by atoms with Crippen LogP contribution in [0.25, 0.3) is 0 Å². The molecule has 0 bridgehead atoms. The second-order valence-electron chi connectivity index (χ2n) is 3.86. The van der Waals surface area contributed by atoms with E-state index in [1.54, 1.807) is 41.4 Å². The third kappa shape index (κ3) is 2.48. The van der Waals surface area contributed by atoms with Crippen LogP contribution < -0.4 is 10.6 Å². The lowest BCUT2D eigenvalue weighted by molar-refractivity contribution is 0.0983. The maximum atomic E-state index is 12.3. The van der Waals surface area contributed by atoms with Gasteiger partial charge in [-0.2, -0.15) is 0 Å². The number of nitrogens with two attached hydrogens (primary N) is 1. The van der Waals surface area contributed by atoms with Crippen LogP contribution >= 0.6 is 0 Å². The highest BCUT2D eigenvalue weighted by molar-refractivity contribution is 6.04. The highest BCUT2D eigenvalue weighted by Crippen LogP contribution is 2.18. The van der Waals surface area contributed by atoms with E-state index in [0.717, 1.165) is 5.69 Å². The van der Waals surface area contributed by atoms with Gasteiger partial charge in [0.25, 0.3) is 5.91 Å². The van der Waals surface area contributed by atoms with E-state index in [4.69, 9.17) is 5.73 Å². The lowest BCUT2D eigenvalue weighted by Gasteiger charge is -2.20. The normalized spacial score (nSPS) is 10.1. The Kier molecular flexibility index (Phi) is 3.57. The Morgan fingerprint density at radius 2 is 1.94 bits per heavy atom. The molecule has 92 valence electrons. The van der Waals surface area contributed by atoms with E-state index in [1.165, 1.54) is 0 Å². The first-order valence-corrected chi connectivity index (χ1v) is 5.81. The number of pyridine rings is 1. The highest BCUT2D eigenvalue weighted by Gasteiger charge is 2.16. The lowest BCUT2D eigenvalue weighted by atomic mass is 10.2. The topological polar surface area (TPSA) is 59.2 Å². The Morgan fingerprint density at radius 1 is 1.22 bits per heavy atom. The van der Waals surface area contributed by atoms with E-state index in [2.05, 4.69) is 4.98 Å². The van der Waals surface area contributed by atoms with Crippen molar-refractivity contribution in [1.29, 1.82) is 0 Å². The zero-order chi connectivity index (χ0) is 13.0. The summed E-state index contributed by atoms with van der Waals surface area (Å²) in [5.41, 5.74) is 7.58. The van der Waals surface area contributed by atoms with Crippen molar-refractivity contribution >= 4 is 17.3 Å². The molecule has 2 rings (SSSR count). The van der Waals surface area contributed by atoms with Gasteiger partial charge in [-0.15, -0.1) is 0 Å². The zero-order valence-electron chi connectivity index (χ0n) is 10.2. The summed E-state index contributed by atoms with van der Waals surface area (Å²) in [4.78, 5) is 18.0. The van der Waals surface area contributed by atoms with Crippen molar-refractivity contribution in [2.45, 2.75) is 6.92 Å². The number of hydrogen-bond acceptors (Lipinski definition) is 3. The molecular formula is C14H15N3O. The molecule has 1 aromatic carbocycles. The number of anilines is 2. The average Bonchev–Trinajstić information content (AvgIpc) is 2.42. The van der Waals surface area contributed by atoms with Crippen LogP contribution in [0.4, 0.5) is 11.4 Å². The van der Waals surface area contributed by atoms with Crippen molar-refractivity contribution in [3.05, 3.63) is 54.4 Å². The molecule has 0 aliphatic carbocycles. The van der Waals surface area contributed by atoms with Gasteiger partial charge in [0.15, 0.2) is 0 Å². The Labute approximate surface area is 106 Å². The largest absolute Gasteiger partial charge is 0.399 e. The van der Waals surface area contributed by atoms with E-state index < -0.39 is 0 Å². The van der Waals surface area contributed by atoms with Gasteiger partial charge in [-0.3, -0.25) is 9.78 Å². The molecule has 1 heterocycles. The van der Waals surface area contributed by atoms with Crippen LogP contribution in [-0.2, 0) is 0 Å². The van der Waals surface area contributed by atoms with Gasteiger partial charge in [-0.05, 0) is 43.3 Å². The van der Waals surface area contributed by atoms with Crippen molar-refractivity contribution in [3.8, 4) is 0 Å². The van der Waals surface area contributed by atoms with Crippen LogP contribution in [0.3, 0.4) is 0 Å². The van der Waals surface area contributed by atoms with Crippen LogP contribution in [-0.4, -0.2) is 17.4 Å². The molecule has 0 fully saturated rings. The monoisotopic (exact) mass is 241 g/mol.